The minimum absolute atomic E-state index is 0.296. The summed E-state index contributed by atoms with van der Waals surface area (Å²) >= 11 is 0. The predicted octanol–water partition coefficient (Wildman–Crippen LogP) is -0.0403. The molecule has 2 aliphatic rings. The number of aromatic nitrogens is 2. The van der Waals surface area contributed by atoms with E-state index in [9.17, 15) is 24.3 Å². The first-order valence-corrected chi connectivity index (χ1v) is 9.72. The fourth-order valence-corrected chi connectivity index (χ4v) is 4.12. The molecule has 1 unspecified atom stereocenters. The van der Waals surface area contributed by atoms with Crippen LogP contribution >= 0.6 is 0 Å². The molecule has 1 aromatic heterocycles. The fourth-order valence-electron chi connectivity index (χ4n) is 4.12. The van der Waals surface area contributed by atoms with Crippen LogP contribution in [0.25, 0.3) is 0 Å². The third-order valence-corrected chi connectivity index (χ3v) is 5.50. The number of rotatable bonds is 5. The number of aromatic hydroxyl groups is 1. The summed E-state index contributed by atoms with van der Waals surface area (Å²) in [6.45, 7) is 0.512. The first-order chi connectivity index (χ1) is 13.4. The molecule has 1 aliphatic heterocycles. The molecule has 1 aliphatic carbocycles. The summed E-state index contributed by atoms with van der Waals surface area (Å²) < 4.78 is 2.21. The Labute approximate surface area is 161 Å². The molecular formula is C18H26N4O6. The topological polar surface area (TPSA) is 143 Å². The lowest BCUT2D eigenvalue weighted by atomic mass is 9.95. The standard InChI is InChI=1S/C18H26N4O6/c23-13(24)10-20-15(25)14-16(26)21(11-5-2-1-3-6-11)18(28)22(17(14)27)12-7-4-8-19-9-12/h11-12,19,26H,1-10H2,(H,20,25)(H,23,24). The maximum absolute atomic E-state index is 13.2. The van der Waals surface area contributed by atoms with E-state index < -0.39 is 47.2 Å². The lowest BCUT2D eigenvalue weighted by molar-refractivity contribution is -0.135. The van der Waals surface area contributed by atoms with Crippen LogP contribution in [0.2, 0.25) is 0 Å². The first kappa shape index (κ1) is 20.1. The molecule has 1 atom stereocenters. The number of piperidine rings is 1. The van der Waals surface area contributed by atoms with E-state index in [4.69, 9.17) is 5.11 Å². The van der Waals surface area contributed by atoms with Crippen LogP contribution in [0.3, 0.4) is 0 Å². The van der Waals surface area contributed by atoms with Gasteiger partial charge in [0.2, 0.25) is 5.88 Å². The van der Waals surface area contributed by atoms with Crippen molar-refractivity contribution in [3.8, 4) is 5.88 Å². The number of amides is 1. The van der Waals surface area contributed by atoms with Gasteiger partial charge < -0.3 is 20.8 Å². The molecule has 1 amide bonds. The van der Waals surface area contributed by atoms with Gasteiger partial charge in [0.05, 0.1) is 6.04 Å². The van der Waals surface area contributed by atoms with Crippen LogP contribution in [0.4, 0.5) is 0 Å². The summed E-state index contributed by atoms with van der Waals surface area (Å²) in [6.07, 6.45) is 5.54. The van der Waals surface area contributed by atoms with Crippen LogP contribution in [0.15, 0.2) is 9.59 Å². The Morgan fingerprint density at radius 2 is 1.71 bits per heavy atom. The quantitative estimate of drug-likeness (QED) is 0.549. The van der Waals surface area contributed by atoms with E-state index in [-0.39, 0.29) is 6.04 Å². The minimum Gasteiger partial charge on any atom is -0.494 e. The van der Waals surface area contributed by atoms with E-state index in [1.54, 1.807) is 0 Å². The number of carboxylic acid groups (broad SMARTS) is 1. The number of nitrogens with zero attached hydrogens (tertiary/aromatic N) is 2. The van der Waals surface area contributed by atoms with Gasteiger partial charge in [-0.05, 0) is 32.2 Å². The van der Waals surface area contributed by atoms with Gasteiger partial charge in [0.25, 0.3) is 11.5 Å². The van der Waals surface area contributed by atoms with Crippen molar-refractivity contribution in [3.63, 3.8) is 0 Å². The maximum Gasteiger partial charge on any atom is 0.334 e. The molecule has 0 spiro atoms. The van der Waals surface area contributed by atoms with E-state index in [1.807, 2.05) is 0 Å². The van der Waals surface area contributed by atoms with Gasteiger partial charge in [-0.25, -0.2) is 4.79 Å². The van der Waals surface area contributed by atoms with Crippen LogP contribution in [0, 0.1) is 0 Å². The van der Waals surface area contributed by atoms with Crippen molar-refractivity contribution in [2.45, 2.75) is 57.0 Å². The SMILES string of the molecule is O=C(O)CNC(=O)c1c(O)n(C2CCCCC2)c(=O)n(C2CCCNC2)c1=O. The predicted molar refractivity (Wildman–Crippen MR) is 99.9 cm³/mol. The molecule has 10 nitrogen and oxygen atoms in total. The Morgan fingerprint density at radius 3 is 2.32 bits per heavy atom. The Morgan fingerprint density at radius 1 is 1.04 bits per heavy atom. The van der Waals surface area contributed by atoms with Crippen LogP contribution < -0.4 is 21.9 Å². The molecule has 0 aromatic carbocycles. The van der Waals surface area contributed by atoms with Crippen molar-refractivity contribution >= 4 is 11.9 Å². The van der Waals surface area contributed by atoms with Crippen molar-refractivity contribution in [3.05, 3.63) is 26.4 Å². The van der Waals surface area contributed by atoms with Crippen LogP contribution in [-0.2, 0) is 4.79 Å². The first-order valence-electron chi connectivity index (χ1n) is 9.72. The summed E-state index contributed by atoms with van der Waals surface area (Å²) in [7, 11) is 0. The number of carbonyl (C=O) groups is 2. The molecule has 0 bridgehead atoms. The number of hydrogen-bond acceptors (Lipinski definition) is 6. The Hall–Kier alpha value is -2.62. The highest BCUT2D eigenvalue weighted by Crippen LogP contribution is 2.30. The van der Waals surface area contributed by atoms with Crippen molar-refractivity contribution in [1.82, 2.24) is 19.8 Å². The van der Waals surface area contributed by atoms with Crippen molar-refractivity contribution < 1.29 is 19.8 Å². The summed E-state index contributed by atoms with van der Waals surface area (Å²) in [5.41, 5.74) is -2.07. The van der Waals surface area contributed by atoms with Gasteiger partial charge in [-0.2, -0.15) is 0 Å². The maximum atomic E-state index is 13.2. The lowest BCUT2D eigenvalue weighted by Crippen LogP contribution is -2.50. The molecule has 28 heavy (non-hydrogen) atoms. The third-order valence-electron chi connectivity index (χ3n) is 5.50. The Kier molecular flexibility index (Phi) is 6.18. The summed E-state index contributed by atoms with van der Waals surface area (Å²) in [5.74, 6) is -2.94. The van der Waals surface area contributed by atoms with Gasteiger partial charge in [0.1, 0.15) is 6.54 Å². The third kappa shape index (κ3) is 3.96. The Bertz CT molecular complexity index is 862. The molecule has 1 saturated carbocycles. The van der Waals surface area contributed by atoms with E-state index in [0.29, 0.717) is 25.8 Å². The molecule has 0 radical (unpaired) electrons. The van der Waals surface area contributed by atoms with Crippen LogP contribution in [-0.4, -0.2) is 50.9 Å². The van der Waals surface area contributed by atoms with Crippen LogP contribution in [0.1, 0.15) is 67.4 Å². The van der Waals surface area contributed by atoms with E-state index in [2.05, 4.69) is 10.6 Å². The molecule has 2 fully saturated rings. The zero-order valence-corrected chi connectivity index (χ0v) is 15.6. The van der Waals surface area contributed by atoms with Gasteiger partial charge >= 0.3 is 11.7 Å². The highest BCUT2D eigenvalue weighted by atomic mass is 16.4. The van der Waals surface area contributed by atoms with Crippen LogP contribution in [0.5, 0.6) is 5.88 Å². The fraction of sp³-hybridized carbons (Fsp3) is 0.667. The number of nitrogens with one attached hydrogen (secondary N) is 2. The monoisotopic (exact) mass is 394 g/mol. The second kappa shape index (κ2) is 8.59. The van der Waals surface area contributed by atoms with Crippen molar-refractivity contribution in [2.24, 2.45) is 0 Å². The molecule has 154 valence electrons. The van der Waals surface area contributed by atoms with Crippen molar-refractivity contribution in [1.29, 1.82) is 0 Å². The molecular weight excluding hydrogens is 368 g/mol. The minimum atomic E-state index is -1.27. The largest absolute Gasteiger partial charge is 0.494 e. The summed E-state index contributed by atoms with van der Waals surface area (Å²) in [4.78, 5) is 49.4. The molecule has 3 rings (SSSR count). The van der Waals surface area contributed by atoms with Gasteiger partial charge in [-0.3, -0.25) is 23.5 Å². The number of aliphatic carboxylic acids is 1. The zero-order valence-electron chi connectivity index (χ0n) is 15.6. The van der Waals surface area contributed by atoms with E-state index in [1.165, 1.54) is 0 Å². The summed E-state index contributed by atoms with van der Waals surface area (Å²) in [5, 5.41) is 24.7. The number of hydrogen-bond donors (Lipinski definition) is 4. The molecule has 10 heteroatoms. The average Bonchev–Trinajstić information content (AvgIpc) is 2.68. The lowest BCUT2D eigenvalue weighted by Gasteiger charge is -2.29. The van der Waals surface area contributed by atoms with Gasteiger partial charge in [-0.15, -0.1) is 0 Å². The average molecular weight is 394 g/mol. The van der Waals surface area contributed by atoms with Gasteiger partial charge in [0.15, 0.2) is 5.56 Å². The molecule has 1 saturated heterocycles. The number of carbonyl (C=O) groups excluding carboxylic acids is 1. The Balaban J connectivity index is 2.14. The zero-order chi connectivity index (χ0) is 20.3. The second-order valence-corrected chi connectivity index (χ2v) is 7.39. The van der Waals surface area contributed by atoms with E-state index >= 15 is 0 Å². The van der Waals surface area contributed by atoms with Gasteiger partial charge in [-0.1, -0.05) is 19.3 Å². The van der Waals surface area contributed by atoms with Gasteiger partial charge in [0, 0.05) is 12.6 Å². The molecule has 2 heterocycles. The summed E-state index contributed by atoms with van der Waals surface area (Å²) in [6, 6.07) is -0.717. The number of carboxylic acids is 1. The highest BCUT2D eigenvalue weighted by molar-refractivity contribution is 5.97. The van der Waals surface area contributed by atoms with Crippen molar-refractivity contribution in [2.75, 3.05) is 19.6 Å². The second-order valence-electron chi connectivity index (χ2n) is 7.39. The molecule has 1 aromatic rings. The van der Waals surface area contributed by atoms with E-state index in [0.717, 1.165) is 41.4 Å². The smallest absolute Gasteiger partial charge is 0.334 e. The highest BCUT2D eigenvalue weighted by Gasteiger charge is 2.31. The molecule has 4 N–H and O–H groups in total. The normalized spacial score (nSPS) is 20.6.